The van der Waals surface area contributed by atoms with Crippen LogP contribution in [0.15, 0.2) is 42.5 Å². The van der Waals surface area contributed by atoms with Gasteiger partial charge in [0, 0.05) is 18.0 Å². The molecule has 2 heteroatoms. The summed E-state index contributed by atoms with van der Waals surface area (Å²) in [5.74, 6) is 0.923. The smallest absolute Gasteiger partial charge is 0.126 e. The van der Waals surface area contributed by atoms with Gasteiger partial charge in [0.05, 0.1) is 0 Å². The number of para-hydroxylation sites is 1. The van der Waals surface area contributed by atoms with Crippen molar-refractivity contribution in [2.75, 3.05) is 0 Å². The van der Waals surface area contributed by atoms with E-state index in [-0.39, 0.29) is 12.1 Å². The third-order valence-electron chi connectivity index (χ3n) is 4.05. The molecule has 0 saturated heterocycles. The van der Waals surface area contributed by atoms with Crippen LogP contribution in [-0.2, 0) is 0 Å². The van der Waals surface area contributed by atoms with Crippen molar-refractivity contribution in [3.05, 3.63) is 64.7 Å². The molecule has 0 fully saturated rings. The van der Waals surface area contributed by atoms with Crippen molar-refractivity contribution in [3.63, 3.8) is 0 Å². The molecule has 0 spiro atoms. The van der Waals surface area contributed by atoms with E-state index in [4.69, 9.17) is 10.5 Å². The van der Waals surface area contributed by atoms with Gasteiger partial charge in [-0.2, -0.15) is 0 Å². The van der Waals surface area contributed by atoms with Crippen molar-refractivity contribution >= 4 is 0 Å². The molecule has 3 rings (SSSR count). The average molecular weight is 253 g/mol. The fraction of sp³-hybridized carbons (Fsp3) is 0.294. The lowest BCUT2D eigenvalue weighted by atomic mass is 9.90. The van der Waals surface area contributed by atoms with Gasteiger partial charge in [0.25, 0.3) is 0 Å². The van der Waals surface area contributed by atoms with Crippen LogP contribution in [-0.4, -0.2) is 0 Å². The topological polar surface area (TPSA) is 35.2 Å². The summed E-state index contributed by atoms with van der Waals surface area (Å²) in [4.78, 5) is 0. The van der Waals surface area contributed by atoms with E-state index in [0.717, 1.165) is 17.7 Å². The lowest BCUT2D eigenvalue weighted by Gasteiger charge is -2.31. The molecule has 1 aliphatic heterocycles. The first-order valence-corrected chi connectivity index (χ1v) is 6.74. The van der Waals surface area contributed by atoms with E-state index in [2.05, 4.69) is 38.1 Å². The van der Waals surface area contributed by atoms with E-state index in [1.807, 2.05) is 18.2 Å². The Morgan fingerprint density at radius 3 is 2.58 bits per heavy atom. The van der Waals surface area contributed by atoms with Gasteiger partial charge in [0.15, 0.2) is 0 Å². The highest BCUT2D eigenvalue weighted by Crippen LogP contribution is 2.40. The third-order valence-corrected chi connectivity index (χ3v) is 4.05. The SMILES string of the molecule is Cc1cccc(C2CC(N)c3ccccc3O2)c1C. The van der Waals surface area contributed by atoms with E-state index >= 15 is 0 Å². The monoisotopic (exact) mass is 253 g/mol. The van der Waals surface area contributed by atoms with Gasteiger partial charge < -0.3 is 10.5 Å². The number of nitrogens with two attached hydrogens (primary N) is 1. The molecular weight excluding hydrogens is 234 g/mol. The second-order valence-electron chi connectivity index (χ2n) is 5.28. The van der Waals surface area contributed by atoms with Crippen LogP contribution in [0.2, 0.25) is 0 Å². The lowest BCUT2D eigenvalue weighted by Crippen LogP contribution is -2.24. The Hall–Kier alpha value is -1.80. The van der Waals surface area contributed by atoms with Crippen LogP contribution < -0.4 is 10.5 Å². The van der Waals surface area contributed by atoms with E-state index < -0.39 is 0 Å². The maximum absolute atomic E-state index is 6.28. The Morgan fingerprint density at radius 2 is 1.74 bits per heavy atom. The highest BCUT2D eigenvalue weighted by molar-refractivity contribution is 5.41. The zero-order valence-electron chi connectivity index (χ0n) is 11.4. The van der Waals surface area contributed by atoms with E-state index in [9.17, 15) is 0 Å². The number of aryl methyl sites for hydroxylation is 1. The quantitative estimate of drug-likeness (QED) is 0.838. The van der Waals surface area contributed by atoms with Gasteiger partial charge >= 0.3 is 0 Å². The van der Waals surface area contributed by atoms with Crippen molar-refractivity contribution in [2.45, 2.75) is 32.4 Å². The van der Waals surface area contributed by atoms with Gasteiger partial charge in [-0.3, -0.25) is 0 Å². The van der Waals surface area contributed by atoms with Gasteiger partial charge in [-0.1, -0.05) is 36.4 Å². The van der Waals surface area contributed by atoms with Gasteiger partial charge in [0.1, 0.15) is 11.9 Å². The molecule has 0 saturated carbocycles. The van der Waals surface area contributed by atoms with Crippen LogP contribution in [0.3, 0.4) is 0 Å². The van der Waals surface area contributed by atoms with Gasteiger partial charge in [0.2, 0.25) is 0 Å². The van der Waals surface area contributed by atoms with Crippen molar-refractivity contribution in [3.8, 4) is 5.75 Å². The van der Waals surface area contributed by atoms with E-state index in [0.29, 0.717) is 0 Å². The highest BCUT2D eigenvalue weighted by Gasteiger charge is 2.27. The summed E-state index contributed by atoms with van der Waals surface area (Å²) >= 11 is 0. The minimum absolute atomic E-state index is 0.0508. The van der Waals surface area contributed by atoms with Gasteiger partial charge in [-0.05, 0) is 36.6 Å². The number of hydrogen-bond acceptors (Lipinski definition) is 2. The standard InChI is InChI=1S/C17H19NO/c1-11-6-5-8-13(12(11)2)17-10-15(18)14-7-3-4-9-16(14)19-17/h3-9,15,17H,10,18H2,1-2H3. The molecule has 1 heterocycles. The molecular formula is C17H19NO. The predicted molar refractivity (Wildman–Crippen MR) is 77.3 cm³/mol. The van der Waals surface area contributed by atoms with Gasteiger partial charge in [-0.15, -0.1) is 0 Å². The van der Waals surface area contributed by atoms with Crippen molar-refractivity contribution in [1.29, 1.82) is 0 Å². The summed E-state index contributed by atoms with van der Waals surface area (Å²) in [6.45, 7) is 4.29. The normalized spacial score (nSPS) is 21.6. The fourth-order valence-corrected chi connectivity index (χ4v) is 2.77. The molecule has 19 heavy (non-hydrogen) atoms. The largest absolute Gasteiger partial charge is 0.485 e. The molecule has 0 radical (unpaired) electrons. The first-order valence-electron chi connectivity index (χ1n) is 6.74. The van der Waals surface area contributed by atoms with E-state index in [1.165, 1.54) is 16.7 Å². The Morgan fingerprint density at radius 1 is 1.00 bits per heavy atom. The van der Waals surface area contributed by atoms with Crippen LogP contribution in [0.1, 0.15) is 40.8 Å². The molecule has 2 nitrogen and oxygen atoms in total. The molecule has 2 atom stereocenters. The number of ether oxygens (including phenoxy) is 1. The summed E-state index contributed by atoms with van der Waals surface area (Å²) in [5, 5.41) is 0. The molecule has 0 amide bonds. The van der Waals surface area contributed by atoms with Crippen LogP contribution in [0, 0.1) is 13.8 Å². The van der Waals surface area contributed by atoms with Crippen LogP contribution in [0.5, 0.6) is 5.75 Å². The summed E-state index contributed by atoms with van der Waals surface area (Å²) < 4.78 is 6.14. The molecule has 2 aromatic rings. The van der Waals surface area contributed by atoms with Crippen molar-refractivity contribution in [1.82, 2.24) is 0 Å². The summed E-state index contributed by atoms with van der Waals surface area (Å²) in [6, 6.07) is 14.5. The lowest BCUT2D eigenvalue weighted by molar-refractivity contribution is 0.161. The summed E-state index contributed by atoms with van der Waals surface area (Å²) in [6.07, 6.45) is 0.895. The number of hydrogen-bond donors (Lipinski definition) is 1. The Balaban J connectivity index is 1.99. The minimum Gasteiger partial charge on any atom is -0.485 e. The second-order valence-corrected chi connectivity index (χ2v) is 5.28. The second kappa shape index (κ2) is 4.71. The van der Waals surface area contributed by atoms with Crippen LogP contribution in [0.4, 0.5) is 0 Å². The van der Waals surface area contributed by atoms with Crippen LogP contribution >= 0.6 is 0 Å². The zero-order chi connectivity index (χ0) is 13.4. The van der Waals surface area contributed by atoms with Crippen LogP contribution in [0.25, 0.3) is 0 Å². The summed E-state index contributed by atoms with van der Waals surface area (Å²) in [7, 11) is 0. The Bertz CT molecular complexity index is 606. The maximum Gasteiger partial charge on any atom is 0.126 e. The fourth-order valence-electron chi connectivity index (χ4n) is 2.77. The zero-order valence-corrected chi connectivity index (χ0v) is 11.4. The van der Waals surface area contributed by atoms with Crippen molar-refractivity contribution in [2.24, 2.45) is 5.73 Å². The first kappa shape index (κ1) is 12.2. The molecule has 2 N–H and O–H groups in total. The minimum atomic E-state index is 0.0508. The maximum atomic E-state index is 6.28. The summed E-state index contributed by atoms with van der Waals surface area (Å²) in [5.41, 5.74) is 11.3. The Labute approximate surface area is 114 Å². The first-order chi connectivity index (χ1) is 9.16. The van der Waals surface area contributed by atoms with Gasteiger partial charge in [-0.25, -0.2) is 0 Å². The number of benzene rings is 2. The highest BCUT2D eigenvalue weighted by atomic mass is 16.5. The van der Waals surface area contributed by atoms with E-state index in [1.54, 1.807) is 0 Å². The molecule has 0 aromatic heterocycles. The average Bonchev–Trinajstić information content (AvgIpc) is 2.42. The molecule has 0 aliphatic carbocycles. The number of fused-ring (bicyclic) bond motifs is 1. The number of rotatable bonds is 1. The molecule has 1 aliphatic rings. The van der Waals surface area contributed by atoms with Crippen molar-refractivity contribution < 1.29 is 4.74 Å². The molecule has 2 aromatic carbocycles. The molecule has 0 bridgehead atoms. The predicted octanol–water partition coefficient (Wildman–Crippen LogP) is 3.83. The third kappa shape index (κ3) is 2.13. The molecule has 98 valence electrons. The molecule has 2 unspecified atom stereocenters. The Kier molecular flexibility index (Phi) is 3.03.